The molecule has 2 heterocycles. The first kappa shape index (κ1) is 10.4. The van der Waals surface area contributed by atoms with Crippen LogP contribution in [0.2, 0.25) is 5.02 Å². The minimum absolute atomic E-state index is 0.209. The summed E-state index contributed by atoms with van der Waals surface area (Å²) in [5, 5.41) is 1.12. The summed E-state index contributed by atoms with van der Waals surface area (Å²) >= 11 is 6.19. The van der Waals surface area contributed by atoms with E-state index in [1.807, 2.05) is 18.2 Å². The molecule has 0 aliphatic carbocycles. The van der Waals surface area contributed by atoms with Crippen LogP contribution in [0.25, 0.3) is 10.9 Å². The average molecular weight is 250 g/mol. The number of esters is 1. The van der Waals surface area contributed by atoms with Crippen LogP contribution in [-0.2, 0) is 9.53 Å². The second-order valence-electron chi connectivity index (χ2n) is 3.91. The summed E-state index contributed by atoms with van der Waals surface area (Å²) in [5.41, 5.74) is 0.716. The molecule has 0 saturated carbocycles. The van der Waals surface area contributed by atoms with Gasteiger partial charge in [-0.15, -0.1) is 0 Å². The predicted octanol–water partition coefficient (Wildman–Crippen LogP) is 2.17. The molecule has 17 heavy (non-hydrogen) atoms. The Morgan fingerprint density at radius 3 is 2.71 bits per heavy atom. The lowest BCUT2D eigenvalue weighted by Gasteiger charge is -2.26. The minimum atomic E-state index is -0.511. The minimum Gasteiger partial charge on any atom is -0.456 e. The number of pyridine rings is 1. The molecule has 3 rings (SSSR count). The van der Waals surface area contributed by atoms with Crippen molar-refractivity contribution in [1.82, 2.24) is 4.98 Å². The Hall–Kier alpha value is -1.81. The van der Waals surface area contributed by atoms with Crippen LogP contribution in [0.1, 0.15) is 18.1 Å². The van der Waals surface area contributed by atoms with Gasteiger partial charge in [0.05, 0.1) is 17.0 Å². The van der Waals surface area contributed by atoms with Gasteiger partial charge in [-0.3, -0.25) is 9.59 Å². The summed E-state index contributed by atoms with van der Waals surface area (Å²) in [4.78, 5) is 25.4. The molecule has 0 radical (unpaired) electrons. The zero-order chi connectivity index (χ0) is 12.0. The molecule has 1 fully saturated rings. The molecule has 4 nitrogen and oxygen atoms in total. The monoisotopic (exact) mass is 249 g/mol. The number of aromatic amines is 1. The highest BCUT2D eigenvalue weighted by molar-refractivity contribution is 6.36. The summed E-state index contributed by atoms with van der Waals surface area (Å²) in [6.07, 6.45) is -0.301. The SMILES string of the molecule is O=C1CC(c2c(Cl)c3ccccc3[nH]c2=O)O1. The van der Waals surface area contributed by atoms with E-state index in [4.69, 9.17) is 16.3 Å². The van der Waals surface area contributed by atoms with Crippen molar-refractivity contribution in [3.05, 3.63) is 45.2 Å². The van der Waals surface area contributed by atoms with E-state index in [1.165, 1.54) is 0 Å². The van der Waals surface area contributed by atoms with Gasteiger partial charge in [-0.05, 0) is 6.07 Å². The molecule has 1 unspecified atom stereocenters. The molecule has 0 amide bonds. The van der Waals surface area contributed by atoms with Crippen molar-refractivity contribution in [2.75, 3.05) is 0 Å². The van der Waals surface area contributed by atoms with Crippen molar-refractivity contribution in [2.24, 2.45) is 0 Å². The van der Waals surface area contributed by atoms with Crippen molar-refractivity contribution in [2.45, 2.75) is 12.5 Å². The number of H-pyrrole nitrogens is 1. The van der Waals surface area contributed by atoms with E-state index in [1.54, 1.807) is 6.07 Å². The lowest BCUT2D eigenvalue weighted by molar-refractivity contribution is -0.170. The number of rotatable bonds is 1. The van der Waals surface area contributed by atoms with Crippen molar-refractivity contribution in [3.63, 3.8) is 0 Å². The first-order valence-electron chi connectivity index (χ1n) is 5.16. The van der Waals surface area contributed by atoms with Crippen molar-refractivity contribution in [3.8, 4) is 0 Å². The lowest BCUT2D eigenvalue weighted by atomic mass is 10.0. The van der Waals surface area contributed by atoms with Gasteiger partial charge in [-0.1, -0.05) is 29.8 Å². The first-order chi connectivity index (χ1) is 8.16. The van der Waals surface area contributed by atoms with Crippen molar-refractivity contribution < 1.29 is 9.53 Å². The summed E-state index contributed by atoms with van der Waals surface area (Å²) in [6.45, 7) is 0. The summed E-state index contributed by atoms with van der Waals surface area (Å²) in [5.74, 6) is -0.307. The van der Waals surface area contributed by atoms with Gasteiger partial charge >= 0.3 is 5.97 Å². The zero-order valence-electron chi connectivity index (χ0n) is 8.70. The number of carbonyl (C=O) groups is 1. The maximum atomic E-state index is 11.9. The van der Waals surface area contributed by atoms with Crippen molar-refractivity contribution in [1.29, 1.82) is 0 Å². The number of benzene rings is 1. The number of para-hydroxylation sites is 1. The maximum absolute atomic E-state index is 11.9. The molecule has 1 aromatic carbocycles. The fourth-order valence-corrected chi connectivity index (χ4v) is 2.34. The van der Waals surface area contributed by atoms with E-state index in [2.05, 4.69) is 4.98 Å². The maximum Gasteiger partial charge on any atom is 0.310 e. The number of ether oxygens (including phenoxy) is 1. The van der Waals surface area contributed by atoms with Gasteiger partial charge in [0, 0.05) is 10.9 Å². The third-order valence-corrected chi connectivity index (χ3v) is 3.25. The molecule has 0 bridgehead atoms. The van der Waals surface area contributed by atoms with Crippen LogP contribution in [0.3, 0.4) is 0 Å². The van der Waals surface area contributed by atoms with Crippen LogP contribution < -0.4 is 5.56 Å². The van der Waals surface area contributed by atoms with Crippen molar-refractivity contribution >= 4 is 28.5 Å². The summed E-state index contributed by atoms with van der Waals surface area (Å²) in [7, 11) is 0. The molecule has 1 saturated heterocycles. The molecular weight excluding hydrogens is 242 g/mol. The molecule has 2 aromatic rings. The van der Waals surface area contributed by atoms with Gasteiger partial charge in [0.25, 0.3) is 5.56 Å². The fraction of sp³-hybridized carbons (Fsp3) is 0.167. The second kappa shape index (κ2) is 3.60. The van der Waals surface area contributed by atoms with Gasteiger partial charge in [0.2, 0.25) is 0 Å². The number of carbonyl (C=O) groups excluding carboxylic acids is 1. The van der Waals surface area contributed by atoms with Crippen LogP contribution in [0.15, 0.2) is 29.1 Å². The molecule has 0 spiro atoms. The molecule has 1 aliphatic rings. The highest BCUT2D eigenvalue weighted by Gasteiger charge is 2.34. The van der Waals surface area contributed by atoms with E-state index in [0.717, 1.165) is 5.39 Å². The van der Waals surface area contributed by atoms with Crippen LogP contribution in [0.4, 0.5) is 0 Å². The van der Waals surface area contributed by atoms with Crippen LogP contribution in [-0.4, -0.2) is 11.0 Å². The Bertz CT molecular complexity index is 669. The number of fused-ring (bicyclic) bond motifs is 1. The molecular formula is C12H8ClNO3. The normalized spacial score (nSPS) is 18.9. The number of hydrogen-bond donors (Lipinski definition) is 1. The largest absolute Gasteiger partial charge is 0.456 e. The number of cyclic esters (lactones) is 1. The summed E-state index contributed by atoms with van der Waals surface area (Å²) < 4.78 is 4.89. The Labute approximate surface area is 101 Å². The number of aromatic nitrogens is 1. The van der Waals surface area contributed by atoms with Crippen LogP contribution in [0, 0.1) is 0 Å². The molecule has 1 N–H and O–H groups in total. The lowest BCUT2D eigenvalue weighted by Crippen LogP contribution is -2.30. The Kier molecular flexibility index (Phi) is 2.19. The highest BCUT2D eigenvalue weighted by Crippen LogP contribution is 2.35. The van der Waals surface area contributed by atoms with Gasteiger partial charge < -0.3 is 9.72 Å². The van der Waals surface area contributed by atoms with E-state index in [9.17, 15) is 9.59 Å². The number of halogens is 1. The van der Waals surface area contributed by atoms with Crippen LogP contribution in [0.5, 0.6) is 0 Å². The van der Waals surface area contributed by atoms with E-state index < -0.39 is 6.10 Å². The first-order valence-corrected chi connectivity index (χ1v) is 5.54. The average Bonchev–Trinajstić information content (AvgIpc) is 2.26. The van der Waals surface area contributed by atoms with Crippen LogP contribution >= 0.6 is 11.6 Å². The quantitative estimate of drug-likeness (QED) is 0.788. The Balaban J connectivity index is 2.24. The van der Waals surface area contributed by atoms with E-state index in [0.29, 0.717) is 16.1 Å². The number of nitrogens with one attached hydrogen (secondary N) is 1. The summed E-state index contributed by atoms with van der Waals surface area (Å²) in [6, 6.07) is 7.25. The zero-order valence-corrected chi connectivity index (χ0v) is 9.45. The smallest absolute Gasteiger partial charge is 0.310 e. The second-order valence-corrected chi connectivity index (χ2v) is 4.29. The highest BCUT2D eigenvalue weighted by atomic mass is 35.5. The Morgan fingerprint density at radius 2 is 2.00 bits per heavy atom. The van der Waals surface area contributed by atoms with E-state index in [-0.39, 0.29) is 17.9 Å². The fourth-order valence-electron chi connectivity index (χ4n) is 1.97. The molecule has 1 aliphatic heterocycles. The van der Waals surface area contributed by atoms with Gasteiger partial charge in [-0.25, -0.2) is 0 Å². The topological polar surface area (TPSA) is 59.2 Å². The standard InChI is InChI=1S/C12H8ClNO3/c13-11-6-3-1-2-4-7(6)14-12(16)10(11)8-5-9(15)17-8/h1-4,8H,5H2,(H,14,16). The molecule has 5 heteroatoms. The molecule has 86 valence electrons. The van der Waals surface area contributed by atoms with E-state index >= 15 is 0 Å². The van der Waals surface area contributed by atoms with Gasteiger partial charge in [-0.2, -0.15) is 0 Å². The third-order valence-electron chi connectivity index (χ3n) is 2.84. The number of hydrogen-bond acceptors (Lipinski definition) is 3. The third kappa shape index (κ3) is 1.52. The molecule has 1 atom stereocenters. The predicted molar refractivity (Wildman–Crippen MR) is 63.0 cm³/mol. The molecule has 1 aromatic heterocycles. The Morgan fingerprint density at radius 1 is 1.29 bits per heavy atom. The van der Waals surface area contributed by atoms with Gasteiger partial charge in [0.1, 0.15) is 6.10 Å². The van der Waals surface area contributed by atoms with Gasteiger partial charge in [0.15, 0.2) is 0 Å².